The quantitative estimate of drug-likeness (QED) is 0.359. The van der Waals surface area contributed by atoms with Crippen LogP contribution in [0.3, 0.4) is 0 Å². The van der Waals surface area contributed by atoms with Gasteiger partial charge in [0.1, 0.15) is 5.82 Å². The number of rotatable bonds is 6. The summed E-state index contributed by atoms with van der Waals surface area (Å²) < 4.78 is 0. The molecular formula is C23H22N6O. The number of aromatic amines is 1. The molecule has 0 fully saturated rings. The Morgan fingerprint density at radius 2 is 1.90 bits per heavy atom. The third-order valence-electron chi connectivity index (χ3n) is 4.50. The maximum atomic E-state index is 11.4. The highest BCUT2D eigenvalue weighted by Gasteiger charge is 2.04. The van der Waals surface area contributed by atoms with E-state index in [9.17, 15) is 4.79 Å². The maximum absolute atomic E-state index is 11.4. The minimum absolute atomic E-state index is 0.150. The average Bonchev–Trinajstić information content (AvgIpc) is 3.12. The lowest BCUT2D eigenvalue weighted by Crippen LogP contribution is -2.13. The number of aromatic nitrogens is 3. The molecule has 0 aliphatic carbocycles. The number of fused-ring (bicyclic) bond motifs is 1. The second-order valence-electron chi connectivity index (χ2n) is 6.84. The van der Waals surface area contributed by atoms with E-state index < -0.39 is 0 Å². The van der Waals surface area contributed by atoms with Crippen molar-refractivity contribution in [2.24, 2.45) is 0 Å². The first kappa shape index (κ1) is 19.2. The highest BCUT2D eigenvalue weighted by molar-refractivity contribution is 5.91. The van der Waals surface area contributed by atoms with E-state index >= 15 is 0 Å². The molecule has 0 aliphatic heterocycles. The van der Waals surface area contributed by atoms with Crippen LogP contribution in [0.2, 0.25) is 0 Å². The number of hydrogen-bond donors (Lipinski definition) is 4. The second kappa shape index (κ2) is 8.48. The first-order chi connectivity index (χ1) is 14.6. The molecule has 0 radical (unpaired) electrons. The molecule has 4 aromatic rings. The number of amides is 1. The van der Waals surface area contributed by atoms with Gasteiger partial charge in [-0.3, -0.25) is 4.79 Å². The lowest BCUT2D eigenvalue weighted by atomic mass is 10.2. The number of H-pyrrole nitrogens is 1. The molecule has 1 amide bonds. The molecule has 0 spiro atoms. The molecule has 0 unspecified atom stereocenters. The molecule has 0 saturated heterocycles. The fourth-order valence-corrected chi connectivity index (χ4v) is 3.10. The first-order valence-corrected chi connectivity index (χ1v) is 9.55. The summed E-state index contributed by atoms with van der Waals surface area (Å²) in [6, 6.07) is 17.7. The van der Waals surface area contributed by atoms with Gasteiger partial charge in [0.05, 0.1) is 0 Å². The van der Waals surface area contributed by atoms with Gasteiger partial charge < -0.3 is 20.9 Å². The third-order valence-corrected chi connectivity index (χ3v) is 4.50. The van der Waals surface area contributed by atoms with E-state index in [1.165, 1.54) is 6.08 Å². The molecule has 4 rings (SSSR count). The SMILES string of the molecule is CNC(=O)C=Cc1cccc(Nc2nccc(Nc3ccc4[nH]c(C)cc4c3)n2)c1. The van der Waals surface area contributed by atoms with E-state index in [0.717, 1.165) is 33.5 Å². The minimum atomic E-state index is -0.150. The monoisotopic (exact) mass is 398 g/mol. The van der Waals surface area contributed by atoms with Crippen LogP contribution >= 0.6 is 0 Å². The van der Waals surface area contributed by atoms with E-state index in [4.69, 9.17) is 0 Å². The van der Waals surface area contributed by atoms with Crippen LogP contribution < -0.4 is 16.0 Å². The van der Waals surface area contributed by atoms with Crippen molar-refractivity contribution in [2.45, 2.75) is 6.92 Å². The highest BCUT2D eigenvalue weighted by Crippen LogP contribution is 2.23. The Balaban J connectivity index is 1.49. The lowest BCUT2D eigenvalue weighted by Gasteiger charge is -2.09. The zero-order valence-corrected chi connectivity index (χ0v) is 16.7. The number of nitrogens with zero attached hydrogens (tertiary/aromatic N) is 2. The van der Waals surface area contributed by atoms with Crippen LogP contribution in [0.25, 0.3) is 17.0 Å². The fraction of sp³-hybridized carbons (Fsp3) is 0.0870. The van der Waals surface area contributed by atoms with E-state index in [-0.39, 0.29) is 5.91 Å². The Kier molecular flexibility index (Phi) is 5.43. The van der Waals surface area contributed by atoms with Crippen LogP contribution in [0.5, 0.6) is 0 Å². The van der Waals surface area contributed by atoms with E-state index in [2.05, 4.69) is 43.0 Å². The molecule has 2 heterocycles. The van der Waals surface area contributed by atoms with Crippen LogP contribution in [-0.2, 0) is 4.79 Å². The molecule has 0 atom stereocenters. The van der Waals surface area contributed by atoms with Gasteiger partial charge in [0.2, 0.25) is 11.9 Å². The second-order valence-corrected chi connectivity index (χ2v) is 6.84. The Morgan fingerprint density at radius 3 is 2.77 bits per heavy atom. The van der Waals surface area contributed by atoms with Gasteiger partial charge in [0, 0.05) is 47.3 Å². The van der Waals surface area contributed by atoms with Crippen molar-refractivity contribution >= 4 is 46.0 Å². The number of nitrogens with one attached hydrogen (secondary N) is 4. The normalized spacial score (nSPS) is 11.0. The van der Waals surface area contributed by atoms with Crippen molar-refractivity contribution < 1.29 is 4.79 Å². The molecule has 2 aromatic carbocycles. The summed E-state index contributed by atoms with van der Waals surface area (Å²) in [4.78, 5) is 23.5. The number of benzene rings is 2. The Hall–Kier alpha value is -4.13. The van der Waals surface area contributed by atoms with E-state index in [1.54, 1.807) is 19.3 Å². The van der Waals surface area contributed by atoms with Gasteiger partial charge in [-0.15, -0.1) is 0 Å². The molecule has 0 saturated carbocycles. The van der Waals surface area contributed by atoms with Gasteiger partial charge >= 0.3 is 0 Å². The summed E-state index contributed by atoms with van der Waals surface area (Å²) in [6.45, 7) is 2.04. The van der Waals surface area contributed by atoms with Crippen molar-refractivity contribution in [1.82, 2.24) is 20.3 Å². The van der Waals surface area contributed by atoms with Crippen molar-refractivity contribution in [1.29, 1.82) is 0 Å². The van der Waals surface area contributed by atoms with Crippen LogP contribution in [0.1, 0.15) is 11.3 Å². The molecule has 7 nitrogen and oxygen atoms in total. The van der Waals surface area contributed by atoms with Crippen molar-refractivity contribution in [3.63, 3.8) is 0 Å². The highest BCUT2D eigenvalue weighted by atomic mass is 16.1. The molecule has 150 valence electrons. The topological polar surface area (TPSA) is 94.7 Å². The Morgan fingerprint density at radius 1 is 1.03 bits per heavy atom. The van der Waals surface area contributed by atoms with Gasteiger partial charge in [-0.25, -0.2) is 4.98 Å². The maximum Gasteiger partial charge on any atom is 0.243 e. The zero-order chi connectivity index (χ0) is 20.9. The smallest absolute Gasteiger partial charge is 0.243 e. The van der Waals surface area contributed by atoms with Gasteiger partial charge in [-0.2, -0.15) is 4.98 Å². The van der Waals surface area contributed by atoms with Crippen molar-refractivity contribution in [3.8, 4) is 0 Å². The molecule has 2 aromatic heterocycles. The first-order valence-electron chi connectivity index (χ1n) is 9.55. The zero-order valence-electron chi connectivity index (χ0n) is 16.7. The number of aryl methyl sites for hydroxylation is 1. The third kappa shape index (κ3) is 4.64. The number of carbonyl (C=O) groups excluding carboxylic acids is 1. The van der Waals surface area contributed by atoms with Crippen LogP contribution in [-0.4, -0.2) is 27.9 Å². The summed E-state index contributed by atoms with van der Waals surface area (Å²) >= 11 is 0. The molecule has 30 heavy (non-hydrogen) atoms. The van der Waals surface area contributed by atoms with Gasteiger partial charge in [0.15, 0.2) is 0 Å². The molecule has 4 N–H and O–H groups in total. The minimum Gasteiger partial charge on any atom is -0.359 e. The van der Waals surface area contributed by atoms with E-state index in [1.807, 2.05) is 49.4 Å². The predicted molar refractivity (Wildman–Crippen MR) is 121 cm³/mol. The number of carbonyl (C=O) groups is 1. The standard InChI is InChI=1S/C23H22N6O/c1-15-12-17-14-19(7-8-20(17)26-15)27-21-10-11-25-23(29-21)28-18-5-3-4-16(13-18)6-9-22(30)24-2/h3-14,26H,1-2H3,(H,24,30)(H2,25,27,28,29). The van der Waals surface area contributed by atoms with Gasteiger partial charge in [-0.1, -0.05) is 12.1 Å². The Bertz CT molecular complexity index is 1230. The fourth-order valence-electron chi connectivity index (χ4n) is 3.10. The molecule has 0 bridgehead atoms. The number of hydrogen-bond acceptors (Lipinski definition) is 5. The van der Waals surface area contributed by atoms with Crippen LogP contribution in [0.15, 0.2) is 66.9 Å². The van der Waals surface area contributed by atoms with Crippen molar-refractivity contribution in [3.05, 3.63) is 78.1 Å². The largest absolute Gasteiger partial charge is 0.359 e. The average molecular weight is 398 g/mol. The van der Waals surface area contributed by atoms with Gasteiger partial charge in [-0.05, 0) is 61.0 Å². The van der Waals surface area contributed by atoms with Gasteiger partial charge in [0.25, 0.3) is 0 Å². The summed E-state index contributed by atoms with van der Waals surface area (Å²) in [6.07, 6.45) is 4.94. The summed E-state index contributed by atoms with van der Waals surface area (Å²) in [5.41, 5.74) is 4.91. The van der Waals surface area contributed by atoms with Crippen molar-refractivity contribution in [2.75, 3.05) is 17.7 Å². The lowest BCUT2D eigenvalue weighted by molar-refractivity contribution is -0.115. The Labute approximate surface area is 174 Å². The molecule has 7 heteroatoms. The van der Waals surface area contributed by atoms with E-state index in [0.29, 0.717) is 11.8 Å². The number of likely N-dealkylation sites (N-methyl/N-ethyl adjacent to an activating group) is 1. The predicted octanol–water partition coefficient (Wildman–Crippen LogP) is 4.51. The summed E-state index contributed by atoms with van der Waals surface area (Å²) in [7, 11) is 1.60. The molecular weight excluding hydrogens is 376 g/mol. The summed E-state index contributed by atoms with van der Waals surface area (Å²) in [5, 5.41) is 10.2. The number of anilines is 4. The van der Waals surface area contributed by atoms with Crippen LogP contribution in [0.4, 0.5) is 23.1 Å². The summed E-state index contributed by atoms with van der Waals surface area (Å²) in [5.74, 6) is 1.02. The molecule has 0 aliphatic rings. The van der Waals surface area contributed by atoms with Crippen LogP contribution in [0, 0.1) is 6.92 Å².